The zero-order valence-corrected chi connectivity index (χ0v) is 8.57. The van der Waals surface area contributed by atoms with Gasteiger partial charge in [-0.2, -0.15) is 39.5 Å². The molecule has 0 aromatic carbocycles. The molecule has 0 amide bonds. The molecule has 0 saturated carbocycles. The molecule has 0 rings (SSSR count). The first-order valence-corrected chi connectivity index (χ1v) is 3.95. The number of hydrogen-bond acceptors (Lipinski definition) is 3. The van der Waals surface area contributed by atoms with E-state index in [0.29, 0.717) is 0 Å². The summed E-state index contributed by atoms with van der Waals surface area (Å²) in [7, 11) is 0. The number of halogens is 9. The van der Waals surface area contributed by atoms with Crippen LogP contribution in [-0.2, 0) is 14.3 Å². The maximum absolute atomic E-state index is 12.6. The van der Waals surface area contributed by atoms with Gasteiger partial charge in [-0.15, -0.1) is 0 Å². The number of carbonyl (C=O) groups is 1. The number of alkyl halides is 5. The van der Waals surface area contributed by atoms with Crippen molar-refractivity contribution in [3.63, 3.8) is 0 Å². The van der Waals surface area contributed by atoms with Crippen molar-refractivity contribution in [1.29, 1.82) is 0 Å². The fourth-order valence-electron chi connectivity index (χ4n) is 0.545. The Hall–Kier alpha value is -2.08. The Kier molecular flexibility index (Phi) is 5.30. The molecule has 0 aliphatic rings. The van der Waals surface area contributed by atoms with Crippen molar-refractivity contribution in [1.82, 2.24) is 0 Å². The molecule has 0 atom stereocenters. The van der Waals surface area contributed by atoms with Gasteiger partial charge in [-0.3, -0.25) is 0 Å². The fourth-order valence-corrected chi connectivity index (χ4v) is 0.545. The van der Waals surface area contributed by atoms with Crippen molar-refractivity contribution in [2.75, 3.05) is 0 Å². The second-order valence-electron chi connectivity index (χ2n) is 2.66. The molecule has 4 nitrogen and oxygen atoms in total. The van der Waals surface area contributed by atoms with Gasteiger partial charge in [0.25, 0.3) is 5.76 Å². The van der Waals surface area contributed by atoms with Crippen molar-refractivity contribution in [3.8, 4) is 0 Å². The summed E-state index contributed by atoms with van der Waals surface area (Å²) < 4.78 is 114. The van der Waals surface area contributed by atoms with Gasteiger partial charge in [0.1, 0.15) is 0 Å². The third-order valence-electron chi connectivity index (χ3n) is 1.24. The first-order valence-electron chi connectivity index (χ1n) is 3.95. The lowest BCUT2D eigenvalue weighted by Crippen LogP contribution is -2.35. The molecule has 0 aliphatic heterocycles. The Bertz CT molecular complexity index is 446. The number of ether oxygens (including phenoxy) is 2. The van der Waals surface area contributed by atoms with Gasteiger partial charge in [-0.25, -0.2) is 4.79 Å². The van der Waals surface area contributed by atoms with E-state index in [0.717, 1.165) is 0 Å². The zero-order valence-electron chi connectivity index (χ0n) is 8.57. The van der Waals surface area contributed by atoms with Crippen LogP contribution in [0.15, 0.2) is 23.9 Å². The lowest BCUT2D eigenvalue weighted by Gasteiger charge is -2.17. The van der Waals surface area contributed by atoms with Gasteiger partial charge in [-0.1, -0.05) is 0 Å². The van der Waals surface area contributed by atoms with Gasteiger partial charge < -0.3 is 14.6 Å². The van der Waals surface area contributed by atoms with Gasteiger partial charge >= 0.3 is 36.4 Å². The molecular formula is C7HF9O4. The molecule has 13 heteroatoms. The third-order valence-corrected chi connectivity index (χ3v) is 1.24. The van der Waals surface area contributed by atoms with Crippen molar-refractivity contribution in [2.24, 2.45) is 0 Å². The van der Waals surface area contributed by atoms with Crippen LogP contribution in [0.5, 0.6) is 0 Å². The quantitative estimate of drug-likeness (QED) is 0.623. The van der Waals surface area contributed by atoms with Crippen LogP contribution < -0.4 is 0 Å². The van der Waals surface area contributed by atoms with E-state index < -0.39 is 42.1 Å². The van der Waals surface area contributed by atoms with Gasteiger partial charge in [-0.05, 0) is 0 Å². The summed E-state index contributed by atoms with van der Waals surface area (Å²) in [6, 6.07) is -6.53. The van der Waals surface area contributed by atoms with Gasteiger partial charge in [0, 0.05) is 0 Å². The first-order chi connectivity index (χ1) is 8.79. The molecule has 0 heterocycles. The number of carboxylic acids is 1. The van der Waals surface area contributed by atoms with Gasteiger partial charge in [0.15, 0.2) is 0 Å². The molecule has 20 heavy (non-hydrogen) atoms. The second-order valence-corrected chi connectivity index (χ2v) is 2.66. The van der Waals surface area contributed by atoms with Crippen LogP contribution >= 0.6 is 0 Å². The summed E-state index contributed by atoms with van der Waals surface area (Å²) in [6.07, 6.45) is -15.1. The summed E-state index contributed by atoms with van der Waals surface area (Å²) in [6.45, 7) is 0. The number of rotatable bonds is 5. The minimum Gasteiger partial charge on any atom is -0.474 e. The fraction of sp³-hybridized carbons (Fsp3) is 0.286. The number of hydrogen-bond donors (Lipinski definition) is 1. The highest BCUT2D eigenvalue weighted by atomic mass is 19.4. The van der Waals surface area contributed by atoms with E-state index >= 15 is 0 Å². The highest BCUT2D eigenvalue weighted by Crippen LogP contribution is 2.35. The molecule has 0 aromatic heterocycles. The van der Waals surface area contributed by atoms with E-state index in [1.165, 1.54) is 0 Å². The lowest BCUT2D eigenvalue weighted by atomic mass is 10.5. The molecule has 0 unspecified atom stereocenters. The van der Waals surface area contributed by atoms with Crippen LogP contribution in [0.2, 0.25) is 0 Å². The smallest absolute Gasteiger partial charge is 0.474 e. The van der Waals surface area contributed by atoms with E-state index in [1.54, 1.807) is 0 Å². The van der Waals surface area contributed by atoms with Crippen molar-refractivity contribution < 1.29 is 58.9 Å². The topological polar surface area (TPSA) is 55.8 Å². The third kappa shape index (κ3) is 4.89. The van der Waals surface area contributed by atoms with Crippen molar-refractivity contribution >= 4 is 5.97 Å². The molecule has 1 N–H and O–H groups in total. The number of carboxylic acid groups (broad SMARTS) is 1. The first kappa shape index (κ1) is 17.9. The standard InChI is InChI=1S/C7HF9O4/c8-2(9)4(11)19-3(10)1(6(12,13)14)20-7(15,16)5(17)18/h(H,17,18). The lowest BCUT2D eigenvalue weighted by molar-refractivity contribution is -0.257. The Labute approximate surface area is 102 Å². The molecular weight excluding hydrogens is 319 g/mol. The molecule has 0 aliphatic carbocycles. The minimum absolute atomic E-state index is 2.49. The van der Waals surface area contributed by atoms with Crippen LogP contribution in [0.1, 0.15) is 0 Å². The summed E-state index contributed by atoms with van der Waals surface area (Å²) in [5.41, 5.74) is 0. The normalized spacial score (nSPS) is 13.4. The average molecular weight is 320 g/mol. The van der Waals surface area contributed by atoms with E-state index in [1.807, 2.05) is 0 Å². The zero-order chi connectivity index (χ0) is 16.3. The summed E-state index contributed by atoms with van der Waals surface area (Å²) >= 11 is 0. The molecule has 0 radical (unpaired) electrons. The van der Waals surface area contributed by atoms with E-state index in [2.05, 4.69) is 9.47 Å². The Morgan fingerprint density at radius 3 is 1.65 bits per heavy atom. The molecule has 0 aromatic rings. The monoisotopic (exact) mass is 320 g/mol. The predicted octanol–water partition coefficient (Wildman–Crippen LogP) is 3.43. The SMILES string of the molecule is O=C(O)C(F)(F)OC(=C(F)OC(F)=C(F)F)C(F)(F)F. The van der Waals surface area contributed by atoms with Crippen molar-refractivity contribution in [3.05, 3.63) is 23.9 Å². The van der Waals surface area contributed by atoms with E-state index in [-0.39, 0.29) is 0 Å². The molecule has 0 fully saturated rings. The number of aliphatic carboxylic acids is 1. The van der Waals surface area contributed by atoms with Gasteiger partial charge in [0.05, 0.1) is 0 Å². The van der Waals surface area contributed by atoms with Crippen molar-refractivity contribution in [2.45, 2.75) is 12.3 Å². The summed E-state index contributed by atoms with van der Waals surface area (Å²) in [5.74, 6) is -6.69. The Morgan fingerprint density at radius 1 is 0.900 bits per heavy atom. The predicted molar refractivity (Wildman–Crippen MR) is 39.3 cm³/mol. The maximum Gasteiger partial charge on any atom is 0.502 e. The van der Waals surface area contributed by atoms with Crippen LogP contribution in [0.4, 0.5) is 39.5 Å². The summed E-state index contributed by atoms with van der Waals surface area (Å²) in [5, 5.41) is 7.78. The molecule has 0 saturated heterocycles. The van der Waals surface area contributed by atoms with Crippen LogP contribution in [-0.4, -0.2) is 23.4 Å². The largest absolute Gasteiger partial charge is 0.502 e. The Morgan fingerprint density at radius 2 is 1.35 bits per heavy atom. The van der Waals surface area contributed by atoms with Crippen LogP contribution in [0.3, 0.4) is 0 Å². The molecule has 116 valence electrons. The highest BCUT2D eigenvalue weighted by Gasteiger charge is 2.51. The average Bonchev–Trinajstić information content (AvgIpc) is 2.23. The van der Waals surface area contributed by atoms with Crippen LogP contribution in [0.25, 0.3) is 0 Å². The minimum atomic E-state index is -6.12. The highest BCUT2D eigenvalue weighted by molar-refractivity contribution is 5.73. The van der Waals surface area contributed by atoms with Gasteiger partial charge in [0.2, 0.25) is 0 Å². The van der Waals surface area contributed by atoms with E-state index in [4.69, 9.17) is 5.11 Å². The molecule has 0 spiro atoms. The molecule has 0 bridgehead atoms. The summed E-state index contributed by atoms with van der Waals surface area (Å²) in [4.78, 5) is 9.80. The van der Waals surface area contributed by atoms with Crippen LogP contribution in [0, 0.1) is 0 Å². The van der Waals surface area contributed by atoms with E-state index in [9.17, 15) is 44.3 Å². The Balaban J connectivity index is 5.59. The maximum atomic E-state index is 12.6. The number of allylic oxidation sites excluding steroid dienone is 1. The second kappa shape index (κ2) is 5.92.